The van der Waals surface area contributed by atoms with Crippen molar-refractivity contribution in [2.75, 3.05) is 14.1 Å². The van der Waals surface area contributed by atoms with Crippen LogP contribution in [0.1, 0.15) is 16.1 Å². The van der Waals surface area contributed by atoms with Gasteiger partial charge in [-0.1, -0.05) is 29.8 Å². The molecule has 1 amide bonds. The number of fused-ring (bicyclic) bond motifs is 1. The van der Waals surface area contributed by atoms with E-state index in [1.165, 1.54) is 11.0 Å². The number of aryl methyl sites for hydroxylation is 1. The summed E-state index contributed by atoms with van der Waals surface area (Å²) >= 11 is 6.14. The van der Waals surface area contributed by atoms with Crippen LogP contribution in [0.25, 0.3) is 22.0 Å². The van der Waals surface area contributed by atoms with E-state index in [4.69, 9.17) is 11.6 Å². The van der Waals surface area contributed by atoms with Gasteiger partial charge in [-0.3, -0.25) is 9.78 Å². The lowest BCUT2D eigenvalue weighted by molar-refractivity contribution is 0.0827. The van der Waals surface area contributed by atoms with Gasteiger partial charge < -0.3 is 4.90 Å². The fourth-order valence-electron chi connectivity index (χ4n) is 2.79. The fourth-order valence-corrected chi connectivity index (χ4v) is 2.96. The van der Waals surface area contributed by atoms with Gasteiger partial charge in [-0.05, 0) is 31.2 Å². The Labute approximate surface area is 156 Å². The molecule has 0 bridgehead atoms. The Morgan fingerprint density at radius 1 is 1.16 bits per heavy atom. The number of benzene rings is 2. The Morgan fingerprint density at radius 3 is 2.48 bits per heavy atom. The summed E-state index contributed by atoms with van der Waals surface area (Å²) in [7, 11) is 3.32. The lowest BCUT2D eigenvalue weighted by atomic mass is 9.93. The molecular weight excluding hydrogens is 362 g/mol. The Kier molecular flexibility index (Phi) is 5.65. The lowest BCUT2D eigenvalue weighted by Crippen LogP contribution is -2.24. The van der Waals surface area contributed by atoms with Gasteiger partial charge in [-0.2, -0.15) is 0 Å². The van der Waals surface area contributed by atoms with E-state index in [9.17, 15) is 9.18 Å². The summed E-state index contributed by atoms with van der Waals surface area (Å²) < 4.78 is 14.5. The summed E-state index contributed by atoms with van der Waals surface area (Å²) in [6.45, 7) is 1.76. The van der Waals surface area contributed by atoms with Crippen LogP contribution in [0.15, 0.2) is 42.5 Å². The monoisotopic (exact) mass is 378 g/mol. The molecule has 0 unspecified atom stereocenters. The van der Waals surface area contributed by atoms with E-state index >= 15 is 0 Å². The van der Waals surface area contributed by atoms with Crippen molar-refractivity contribution in [2.45, 2.75) is 6.92 Å². The molecule has 3 nitrogen and oxygen atoms in total. The number of aromatic nitrogens is 1. The van der Waals surface area contributed by atoms with Crippen LogP contribution in [-0.4, -0.2) is 29.9 Å². The summed E-state index contributed by atoms with van der Waals surface area (Å²) in [4.78, 5) is 18.7. The molecule has 1 aromatic heterocycles. The minimum absolute atomic E-state index is 0. The van der Waals surface area contributed by atoms with Crippen molar-refractivity contribution in [3.8, 4) is 11.1 Å². The van der Waals surface area contributed by atoms with E-state index in [0.717, 1.165) is 0 Å². The number of halogens is 3. The van der Waals surface area contributed by atoms with Gasteiger partial charge in [0.25, 0.3) is 5.91 Å². The molecule has 0 fully saturated rings. The maximum atomic E-state index is 14.5. The van der Waals surface area contributed by atoms with Gasteiger partial charge in [0, 0.05) is 35.6 Å². The first-order valence-corrected chi connectivity index (χ1v) is 7.84. The molecule has 3 aromatic rings. The number of carbonyl (C=O) groups excluding carboxylic acids is 1. The molecule has 0 aliphatic rings. The zero-order valence-corrected chi connectivity index (χ0v) is 15.6. The highest BCUT2D eigenvalue weighted by Gasteiger charge is 2.23. The van der Waals surface area contributed by atoms with Crippen molar-refractivity contribution >= 4 is 40.8 Å². The zero-order chi connectivity index (χ0) is 17.4. The van der Waals surface area contributed by atoms with Gasteiger partial charge in [-0.15, -0.1) is 12.4 Å². The number of amides is 1. The third-order valence-corrected chi connectivity index (χ3v) is 4.13. The highest BCUT2D eigenvalue weighted by Crippen LogP contribution is 2.36. The second kappa shape index (κ2) is 7.38. The maximum Gasteiger partial charge on any atom is 0.255 e. The molecule has 25 heavy (non-hydrogen) atoms. The second-order valence-corrected chi connectivity index (χ2v) is 6.22. The van der Waals surface area contributed by atoms with Gasteiger partial charge >= 0.3 is 0 Å². The van der Waals surface area contributed by atoms with E-state index in [2.05, 4.69) is 4.98 Å². The standard InChI is InChI=1S/C19H16ClFN2O.ClH/c1-11-17(19(24)23(2)3)18(13-6-4-5-7-15(13)21)14-10-12(20)8-9-16(14)22-11;/h4-10H,1-3H3;1H. The first-order valence-electron chi connectivity index (χ1n) is 7.46. The molecule has 0 radical (unpaired) electrons. The Morgan fingerprint density at radius 2 is 1.84 bits per heavy atom. The number of hydrogen-bond donors (Lipinski definition) is 0. The SMILES string of the molecule is Cc1nc2ccc(Cl)cc2c(-c2ccccc2F)c1C(=O)N(C)C.Cl. The molecule has 0 aliphatic carbocycles. The lowest BCUT2D eigenvalue weighted by Gasteiger charge is -2.19. The molecule has 2 aromatic carbocycles. The summed E-state index contributed by atoms with van der Waals surface area (Å²) in [6.07, 6.45) is 0. The Balaban J connectivity index is 0.00000225. The topological polar surface area (TPSA) is 33.2 Å². The predicted molar refractivity (Wildman–Crippen MR) is 102 cm³/mol. The summed E-state index contributed by atoms with van der Waals surface area (Å²) in [6, 6.07) is 11.6. The summed E-state index contributed by atoms with van der Waals surface area (Å²) in [5.41, 5.74) is 2.50. The number of rotatable bonds is 2. The average molecular weight is 379 g/mol. The zero-order valence-electron chi connectivity index (χ0n) is 14.0. The van der Waals surface area contributed by atoms with E-state index in [1.807, 2.05) is 0 Å². The molecule has 0 saturated heterocycles. The molecule has 0 N–H and O–H groups in total. The van der Waals surface area contributed by atoms with Gasteiger partial charge in [0.1, 0.15) is 5.82 Å². The molecule has 0 spiro atoms. The summed E-state index contributed by atoms with van der Waals surface area (Å²) in [5, 5.41) is 1.16. The molecule has 3 rings (SSSR count). The van der Waals surface area contributed by atoms with E-state index < -0.39 is 5.82 Å². The highest BCUT2D eigenvalue weighted by atomic mass is 35.5. The van der Waals surface area contributed by atoms with Crippen LogP contribution >= 0.6 is 24.0 Å². The Bertz CT molecular complexity index is 958. The number of carbonyl (C=O) groups is 1. The van der Waals surface area contributed by atoms with Crippen molar-refractivity contribution in [3.63, 3.8) is 0 Å². The van der Waals surface area contributed by atoms with E-state index in [1.54, 1.807) is 57.4 Å². The largest absolute Gasteiger partial charge is 0.345 e. The highest BCUT2D eigenvalue weighted by molar-refractivity contribution is 6.31. The van der Waals surface area contributed by atoms with Crippen molar-refractivity contribution < 1.29 is 9.18 Å². The smallest absolute Gasteiger partial charge is 0.255 e. The van der Waals surface area contributed by atoms with E-state index in [-0.39, 0.29) is 18.3 Å². The first-order chi connectivity index (χ1) is 11.4. The van der Waals surface area contributed by atoms with Crippen LogP contribution in [0.2, 0.25) is 5.02 Å². The van der Waals surface area contributed by atoms with Crippen LogP contribution < -0.4 is 0 Å². The summed E-state index contributed by atoms with van der Waals surface area (Å²) in [5.74, 6) is -0.614. The minimum Gasteiger partial charge on any atom is -0.345 e. The number of nitrogens with zero attached hydrogens (tertiary/aromatic N) is 2. The maximum absolute atomic E-state index is 14.5. The minimum atomic E-state index is -0.391. The molecule has 0 aliphatic heterocycles. The van der Waals surface area contributed by atoms with E-state index in [0.29, 0.717) is 38.3 Å². The van der Waals surface area contributed by atoms with Crippen LogP contribution in [0, 0.1) is 12.7 Å². The number of hydrogen-bond acceptors (Lipinski definition) is 2. The first kappa shape index (κ1) is 19.2. The van der Waals surface area contributed by atoms with Gasteiger partial charge in [0.2, 0.25) is 0 Å². The quantitative estimate of drug-likeness (QED) is 0.619. The van der Waals surface area contributed by atoms with Gasteiger partial charge in [0.15, 0.2) is 0 Å². The normalized spacial score (nSPS) is 10.4. The molecule has 130 valence electrons. The average Bonchev–Trinajstić information content (AvgIpc) is 2.54. The van der Waals surface area contributed by atoms with Crippen molar-refractivity contribution in [3.05, 3.63) is 64.6 Å². The third-order valence-electron chi connectivity index (χ3n) is 3.89. The predicted octanol–water partition coefficient (Wildman–Crippen LogP) is 5.13. The van der Waals surface area contributed by atoms with Crippen LogP contribution in [0.4, 0.5) is 4.39 Å². The fraction of sp³-hybridized carbons (Fsp3) is 0.158. The molecule has 6 heteroatoms. The third kappa shape index (κ3) is 3.46. The van der Waals surface area contributed by atoms with Gasteiger partial charge in [-0.25, -0.2) is 4.39 Å². The molecule has 0 atom stereocenters. The van der Waals surface area contributed by atoms with Crippen LogP contribution in [0.3, 0.4) is 0 Å². The Hall–Kier alpha value is -2.17. The van der Waals surface area contributed by atoms with Crippen LogP contribution in [-0.2, 0) is 0 Å². The van der Waals surface area contributed by atoms with Crippen molar-refractivity contribution in [1.82, 2.24) is 9.88 Å². The van der Waals surface area contributed by atoms with Crippen molar-refractivity contribution in [2.24, 2.45) is 0 Å². The number of pyridine rings is 1. The molecule has 1 heterocycles. The van der Waals surface area contributed by atoms with Crippen LogP contribution in [0.5, 0.6) is 0 Å². The van der Waals surface area contributed by atoms with Gasteiger partial charge in [0.05, 0.1) is 16.8 Å². The second-order valence-electron chi connectivity index (χ2n) is 5.79. The molecular formula is C19H17Cl2FN2O. The molecule has 0 saturated carbocycles. The van der Waals surface area contributed by atoms with Crippen molar-refractivity contribution in [1.29, 1.82) is 0 Å².